The summed E-state index contributed by atoms with van der Waals surface area (Å²) in [5, 5.41) is 0. The molecule has 0 aliphatic carbocycles. The zero-order valence-electron chi connectivity index (χ0n) is 11.6. The number of pyridine rings is 1. The number of carbonyl (C=O) groups is 1. The molecule has 0 saturated heterocycles. The van der Waals surface area contributed by atoms with Gasteiger partial charge in [-0.3, -0.25) is 9.78 Å². The molecule has 1 aliphatic rings. The van der Waals surface area contributed by atoms with E-state index in [2.05, 4.69) is 20.9 Å². The number of carbonyl (C=O) groups excluding carboxylic acids is 1. The average Bonchev–Trinajstić information content (AvgIpc) is 2.85. The number of benzene rings is 1. The van der Waals surface area contributed by atoms with Crippen LogP contribution < -0.4 is 4.90 Å². The lowest BCUT2D eigenvalue weighted by Gasteiger charge is -2.18. The van der Waals surface area contributed by atoms with E-state index in [1.165, 1.54) is 6.07 Å². The molecule has 2 aromatic rings. The highest BCUT2D eigenvalue weighted by molar-refractivity contribution is 9.10. The van der Waals surface area contributed by atoms with Gasteiger partial charge >= 0.3 is 0 Å². The van der Waals surface area contributed by atoms with Crippen molar-refractivity contribution >= 4 is 27.5 Å². The van der Waals surface area contributed by atoms with Gasteiger partial charge in [0.2, 0.25) is 5.91 Å². The largest absolute Gasteiger partial charge is 0.309 e. The quantitative estimate of drug-likeness (QED) is 0.832. The molecule has 0 spiro atoms. The van der Waals surface area contributed by atoms with Crippen LogP contribution in [-0.4, -0.2) is 17.4 Å². The lowest BCUT2D eigenvalue weighted by Crippen LogP contribution is -2.31. The van der Waals surface area contributed by atoms with Gasteiger partial charge in [0, 0.05) is 22.9 Å². The molecule has 0 unspecified atom stereocenters. The molecule has 3 rings (SSSR count). The van der Waals surface area contributed by atoms with Crippen molar-refractivity contribution in [2.24, 2.45) is 0 Å². The molecule has 1 aromatic carbocycles. The molecule has 108 valence electrons. The van der Waals surface area contributed by atoms with Crippen LogP contribution >= 0.6 is 15.9 Å². The molecular weight excluding hydrogens is 335 g/mol. The Hall–Kier alpha value is -1.75. The average molecular weight is 349 g/mol. The van der Waals surface area contributed by atoms with E-state index in [4.69, 9.17) is 0 Å². The number of fused-ring (bicyclic) bond motifs is 1. The number of halogens is 2. The van der Waals surface area contributed by atoms with Crippen LogP contribution in [0.1, 0.15) is 16.8 Å². The fourth-order valence-corrected chi connectivity index (χ4v) is 3.15. The zero-order valence-corrected chi connectivity index (χ0v) is 13.2. The SMILES string of the molecule is Cc1ncccc1CC(=O)N1CCc2cc(Br)cc(F)c21. The van der Waals surface area contributed by atoms with Crippen LogP contribution in [0.3, 0.4) is 0 Å². The fraction of sp³-hybridized carbons (Fsp3) is 0.250. The van der Waals surface area contributed by atoms with Crippen molar-refractivity contribution in [1.29, 1.82) is 0 Å². The minimum absolute atomic E-state index is 0.0916. The second-order valence-corrected chi connectivity index (χ2v) is 6.03. The predicted molar refractivity (Wildman–Crippen MR) is 82.8 cm³/mol. The lowest BCUT2D eigenvalue weighted by molar-refractivity contribution is -0.117. The summed E-state index contributed by atoms with van der Waals surface area (Å²) in [5.41, 5.74) is 3.01. The standard InChI is InChI=1S/C16H14BrFN2O/c1-10-11(3-2-5-19-10)8-15(21)20-6-4-12-7-13(17)9-14(18)16(12)20/h2-3,5,7,9H,4,6,8H2,1H3. The first kappa shape index (κ1) is 14.2. The molecule has 1 aliphatic heterocycles. The first-order valence-corrected chi connectivity index (χ1v) is 7.54. The van der Waals surface area contributed by atoms with Crippen molar-refractivity contribution in [2.75, 3.05) is 11.4 Å². The Balaban J connectivity index is 1.88. The van der Waals surface area contributed by atoms with Gasteiger partial charge in [-0.2, -0.15) is 0 Å². The molecule has 0 atom stereocenters. The van der Waals surface area contributed by atoms with Gasteiger partial charge in [0.1, 0.15) is 5.82 Å². The molecule has 0 N–H and O–H groups in total. The molecular formula is C16H14BrFN2O. The van der Waals surface area contributed by atoms with Gasteiger partial charge < -0.3 is 4.90 Å². The van der Waals surface area contributed by atoms with Crippen molar-refractivity contribution in [3.63, 3.8) is 0 Å². The maximum Gasteiger partial charge on any atom is 0.231 e. The fourth-order valence-electron chi connectivity index (χ4n) is 2.67. The molecule has 0 radical (unpaired) electrons. The number of hydrogen-bond donors (Lipinski definition) is 0. The van der Waals surface area contributed by atoms with Crippen LogP contribution in [0, 0.1) is 12.7 Å². The van der Waals surface area contributed by atoms with E-state index >= 15 is 0 Å². The second-order valence-electron chi connectivity index (χ2n) is 5.12. The predicted octanol–water partition coefficient (Wildman–Crippen LogP) is 3.42. The van der Waals surface area contributed by atoms with Crippen LogP contribution in [0.4, 0.5) is 10.1 Å². The summed E-state index contributed by atoms with van der Waals surface area (Å²) in [4.78, 5) is 18.2. The van der Waals surface area contributed by atoms with E-state index in [1.807, 2.05) is 25.1 Å². The smallest absolute Gasteiger partial charge is 0.231 e. The maximum atomic E-state index is 14.1. The molecule has 1 aromatic heterocycles. The Morgan fingerprint density at radius 2 is 2.29 bits per heavy atom. The van der Waals surface area contributed by atoms with Crippen molar-refractivity contribution in [3.8, 4) is 0 Å². The van der Waals surface area contributed by atoms with E-state index in [1.54, 1.807) is 11.1 Å². The number of rotatable bonds is 2. The minimum atomic E-state index is -0.354. The third-order valence-electron chi connectivity index (χ3n) is 3.74. The highest BCUT2D eigenvalue weighted by atomic mass is 79.9. The Kier molecular flexibility index (Phi) is 3.76. The van der Waals surface area contributed by atoms with Crippen molar-refractivity contribution < 1.29 is 9.18 Å². The molecule has 3 nitrogen and oxygen atoms in total. The summed E-state index contributed by atoms with van der Waals surface area (Å²) < 4.78 is 14.8. The number of hydrogen-bond acceptors (Lipinski definition) is 2. The van der Waals surface area contributed by atoms with Crippen LogP contribution in [0.25, 0.3) is 0 Å². The van der Waals surface area contributed by atoms with E-state index in [9.17, 15) is 9.18 Å². The Labute approximate surface area is 130 Å². The Morgan fingerprint density at radius 1 is 1.48 bits per heavy atom. The Morgan fingerprint density at radius 3 is 3.05 bits per heavy atom. The first-order valence-electron chi connectivity index (χ1n) is 6.75. The van der Waals surface area contributed by atoms with Gasteiger partial charge in [0.05, 0.1) is 12.1 Å². The summed E-state index contributed by atoms with van der Waals surface area (Å²) in [6.45, 7) is 2.40. The number of nitrogens with zero attached hydrogens (tertiary/aromatic N) is 2. The summed E-state index contributed by atoms with van der Waals surface area (Å²) in [6.07, 6.45) is 2.63. The summed E-state index contributed by atoms with van der Waals surface area (Å²) in [7, 11) is 0. The van der Waals surface area contributed by atoms with E-state index < -0.39 is 0 Å². The van der Waals surface area contributed by atoms with Crippen LogP contribution in [0.2, 0.25) is 0 Å². The molecule has 0 fully saturated rings. The minimum Gasteiger partial charge on any atom is -0.309 e. The number of aromatic nitrogens is 1. The van der Waals surface area contributed by atoms with Gasteiger partial charge in [-0.1, -0.05) is 22.0 Å². The van der Waals surface area contributed by atoms with Crippen LogP contribution in [0.15, 0.2) is 34.9 Å². The summed E-state index contributed by atoms with van der Waals surface area (Å²) in [5.74, 6) is -0.445. The number of amides is 1. The van der Waals surface area contributed by atoms with Gasteiger partial charge in [-0.15, -0.1) is 0 Å². The van der Waals surface area contributed by atoms with Crippen molar-refractivity contribution in [3.05, 3.63) is 57.6 Å². The monoisotopic (exact) mass is 348 g/mol. The van der Waals surface area contributed by atoms with E-state index in [-0.39, 0.29) is 18.1 Å². The van der Waals surface area contributed by atoms with E-state index in [0.29, 0.717) is 23.1 Å². The molecule has 0 saturated carbocycles. The summed E-state index contributed by atoms with van der Waals surface area (Å²) in [6, 6.07) is 6.97. The number of aryl methyl sites for hydroxylation is 1. The second kappa shape index (κ2) is 5.56. The van der Waals surface area contributed by atoms with Crippen molar-refractivity contribution in [2.45, 2.75) is 19.8 Å². The third kappa shape index (κ3) is 2.70. The molecule has 2 heterocycles. The third-order valence-corrected chi connectivity index (χ3v) is 4.20. The zero-order chi connectivity index (χ0) is 15.0. The van der Waals surface area contributed by atoms with Crippen LogP contribution in [-0.2, 0) is 17.6 Å². The Bertz CT molecular complexity index is 717. The topological polar surface area (TPSA) is 33.2 Å². The summed E-state index contributed by atoms with van der Waals surface area (Å²) >= 11 is 3.28. The lowest BCUT2D eigenvalue weighted by atomic mass is 10.1. The molecule has 0 bridgehead atoms. The van der Waals surface area contributed by atoms with Gasteiger partial charge in [-0.05, 0) is 42.7 Å². The highest BCUT2D eigenvalue weighted by Crippen LogP contribution is 2.34. The number of anilines is 1. The first-order chi connectivity index (χ1) is 10.1. The normalized spacial score (nSPS) is 13.4. The van der Waals surface area contributed by atoms with Crippen molar-refractivity contribution in [1.82, 2.24) is 4.98 Å². The highest BCUT2D eigenvalue weighted by Gasteiger charge is 2.28. The van der Waals surface area contributed by atoms with Crippen LogP contribution in [0.5, 0.6) is 0 Å². The van der Waals surface area contributed by atoms with E-state index in [0.717, 1.165) is 16.8 Å². The molecule has 21 heavy (non-hydrogen) atoms. The van der Waals surface area contributed by atoms with Gasteiger partial charge in [0.25, 0.3) is 0 Å². The van der Waals surface area contributed by atoms with Gasteiger partial charge in [0.15, 0.2) is 0 Å². The maximum absolute atomic E-state index is 14.1. The molecule has 1 amide bonds. The molecule has 5 heteroatoms. The van der Waals surface area contributed by atoms with Gasteiger partial charge in [-0.25, -0.2) is 4.39 Å².